The first-order valence-electron chi connectivity index (χ1n) is 6.18. The van der Waals surface area contributed by atoms with E-state index in [0.717, 1.165) is 11.8 Å². The minimum absolute atomic E-state index is 0.0225. The van der Waals surface area contributed by atoms with E-state index in [1.807, 2.05) is 13.8 Å². The molecule has 0 saturated heterocycles. The van der Waals surface area contributed by atoms with E-state index in [1.165, 1.54) is 12.1 Å². The third-order valence-corrected chi connectivity index (χ3v) is 3.02. The Morgan fingerprint density at radius 3 is 2.79 bits per heavy atom. The Kier molecular flexibility index (Phi) is 3.95. The fourth-order valence-corrected chi connectivity index (χ4v) is 2.11. The van der Waals surface area contributed by atoms with Gasteiger partial charge in [-0.3, -0.25) is 4.68 Å². The zero-order valence-electron chi connectivity index (χ0n) is 10.9. The van der Waals surface area contributed by atoms with E-state index in [9.17, 15) is 13.9 Å². The topological polar surface area (TPSA) is 38.0 Å². The fraction of sp³-hybridized carbons (Fsp3) is 0.357. The van der Waals surface area contributed by atoms with Gasteiger partial charge in [0, 0.05) is 13.0 Å². The molecule has 0 aliphatic carbocycles. The van der Waals surface area contributed by atoms with E-state index in [0.29, 0.717) is 12.2 Å². The summed E-state index contributed by atoms with van der Waals surface area (Å²) in [6.07, 6.45) is -0.883. The molecule has 0 amide bonds. The summed E-state index contributed by atoms with van der Waals surface area (Å²) in [5.74, 6) is -1.80. The van der Waals surface area contributed by atoms with Gasteiger partial charge in [0.15, 0.2) is 11.6 Å². The quantitative estimate of drug-likeness (QED) is 0.924. The molecule has 5 heteroatoms. The van der Waals surface area contributed by atoms with Crippen LogP contribution >= 0.6 is 0 Å². The van der Waals surface area contributed by atoms with Crippen molar-refractivity contribution in [3.63, 3.8) is 0 Å². The van der Waals surface area contributed by atoms with Crippen LogP contribution in [0.4, 0.5) is 8.78 Å². The van der Waals surface area contributed by atoms with E-state index in [-0.39, 0.29) is 12.0 Å². The third-order valence-electron chi connectivity index (χ3n) is 3.02. The second-order valence-corrected chi connectivity index (χ2v) is 4.46. The van der Waals surface area contributed by atoms with Crippen molar-refractivity contribution in [2.45, 2.75) is 32.9 Å². The standard InChI is InChI=1S/C14H16F2N2O/c1-3-18-12(7-9(2)17-18)13(19)8-10-5-4-6-11(15)14(10)16/h4-7,13,19H,3,8H2,1-2H3. The molecule has 0 aliphatic heterocycles. The Morgan fingerprint density at radius 1 is 1.37 bits per heavy atom. The van der Waals surface area contributed by atoms with Gasteiger partial charge in [0.2, 0.25) is 0 Å². The summed E-state index contributed by atoms with van der Waals surface area (Å²) in [4.78, 5) is 0. The van der Waals surface area contributed by atoms with E-state index in [4.69, 9.17) is 0 Å². The molecular formula is C14H16F2N2O. The van der Waals surface area contributed by atoms with Crippen LogP contribution in [0, 0.1) is 18.6 Å². The molecule has 0 fully saturated rings. The Bertz CT molecular complexity index is 581. The van der Waals surface area contributed by atoms with E-state index in [2.05, 4.69) is 5.10 Å². The maximum atomic E-state index is 13.6. The number of aryl methyl sites for hydroxylation is 2. The summed E-state index contributed by atoms with van der Waals surface area (Å²) in [5.41, 5.74) is 1.56. The maximum Gasteiger partial charge on any atom is 0.162 e. The van der Waals surface area contributed by atoms with Crippen LogP contribution in [-0.2, 0) is 13.0 Å². The van der Waals surface area contributed by atoms with Gasteiger partial charge in [0.1, 0.15) is 0 Å². The molecule has 0 aliphatic rings. The number of rotatable bonds is 4. The number of nitrogens with zero attached hydrogens (tertiary/aromatic N) is 2. The molecule has 2 rings (SSSR count). The van der Waals surface area contributed by atoms with Crippen LogP contribution in [0.15, 0.2) is 24.3 Å². The average Bonchev–Trinajstić information content (AvgIpc) is 2.76. The van der Waals surface area contributed by atoms with Gasteiger partial charge in [0.25, 0.3) is 0 Å². The monoisotopic (exact) mass is 266 g/mol. The lowest BCUT2D eigenvalue weighted by Crippen LogP contribution is -2.11. The van der Waals surface area contributed by atoms with E-state index < -0.39 is 17.7 Å². The molecule has 3 nitrogen and oxygen atoms in total. The number of hydrogen-bond donors (Lipinski definition) is 1. The van der Waals surface area contributed by atoms with Crippen molar-refractivity contribution in [2.75, 3.05) is 0 Å². The van der Waals surface area contributed by atoms with Crippen LogP contribution in [0.2, 0.25) is 0 Å². The third kappa shape index (κ3) is 2.81. The molecule has 2 aromatic rings. The minimum atomic E-state index is -0.905. The van der Waals surface area contributed by atoms with Crippen LogP contribution in [0.5, 0.6) is 0 Å². The lowest BCUT2D eigenvalue weighted by molar-refractivity contribution is 0.165. The molecule has 0 radical (unpaired) electrons. The highest BCUT2D eigenvalue weighted by molar-refractivity contribution is 5.22. The molecule has 1 N–H and O–H groups in total. The van der Waals surface area contributed by atoms with Crippen LogP contribution in [0.3, 0.4) is 0 Å². The van der Waals surface area contributed by atoms with Crippen molar-refractivity contribution in [1.82, 2.24) is 9.78 Å². The maximum absolute atomic E-state index is 13.6. The molecule has 0 spiro atoms. The summed E-state index contributed by atoms with van der Waals surface area (Å²) in [6, 6.07) is 5.72. The summed E-state index contributed by atoms with van der Waals surface area (Å²) in [5, 5.41) is 14.4. The smallest absolute Gasteiger partial charge is 0.162 e. The first-order valence-corrected chi connectivity index (χ1v) is 6.18. The molecule has 19 heavy (non-hydrogen) atoms. The lowest BCUT2D eigenvalue weighted by Gasteiger charge is -2.13. The second kappa shape index (κ2) is 5.48. The zero-order valence-corrected chi connectivity index (χ0v) is 10.9. The van der Waals surface area contributed by atoms with Crippen molar-refractivity contribution < 1.29 is 13.9 Å². The predicted molar refractivity (Wildman–Crippen MR) is 67.7 cm³/mol. The van der Waals surface area contributed by atoms with Gasteiger partial charge in [-0.2, -0.15) is 5.10 Å². The summed E-state index contributed by atoms with van der Waals surface area (Å²) >= 11 is 0. The van der Waals surface area contributed by atoms with Crippen molar-refractivity contribution in [1.29, 1.82) is 0 Å². The number of aromatic nitrogens is 2. The Labute approximate surface area is 110 Å². The van der Waals surface area contributed by atoms with Gasteiger partial charge >= 0.3 is 0 Å². The molecule has 102 valence electrons. The van der Waals surface area contributed by atoms with Crippen LogP contribution in [-0.4, -0.2) is 14.9 Å². The van der Waals surface area contributed by atoms with Crippen molar-refractivity contribution in [3.8, 4) is 0 Å². The second-order valence-electron chi connectivity index (χ2n) is 4.46. The van der Waals surface area contributed by atoms with Crippen molar-refractivity contribution in [2.24, 2.45) is 0 Å². The van der Waals surface area contributed by atoms with Gasteiger partial charge < -0.3 is 5.11 Å². The first kappa shape index (κ1) is 13.7. The highest BCUT2D eigenvalue weighted by Gasteiger charge is 2.17. The molecule has 1 atom stereocenters. The van der Waals surface area contributed by atoms with Crippen LogP contribution in [0.1, 0.15) is 30.0 Å². The van der Waals surface area contributed by atoms with Gasteiger partial charge in [-0.1, -0.05) is 12.1 Å². The molecule has 0 bridgehead atoms. The molecule has 1 unspecified atom stereocenters. The number of aliphatic hydroxyl groups is 1. The largest absolute Gasteiger partial charge is 0.386 e. The van der Waals surface area contributed by atoms with Crippen molar-refractivity contribution in [3.05, 3.63) is 52.9 Å². The molecule has 0 saturated carbocycles. The number of aliphatic hydroxyl groups excluding tert-OH is 1. The SMILES string of the molecule is CCn1nc(C)cc1C(O)Cc1cccc(F)c1F. The molecule has 1 heterocycles. The summed E-state index contributed by atoms with van der Waals surface area (Å²) in [6.45, 7) is 4.35. The highest BCUT2D eigenvalue weighted by Crippen LogP contribution is 2.22. The normalized spacial score (nSPS) is 12.7. The van der Waals surface area contributed by atoms with Gasteiger partial charge in [-0.25, -0.2) is 8.78 Å². The average molecular weight is 266 g/mol. The Morgan fingerprint density at radius 2 is 2.11 bits per heavy atom. The van der Waals surface area contributed by atoms with E-state index >= 15 is 0 Å². The fourth-order valence-electron chi connectivity index (χ4n) is 2.11. The zero-order chi connectivity index (χ0) is 14.0. The molecule has 1 aromatic heterocycles. The molecule has 1 aromatic carbocycles. The van der Waals surface area contributed by atoms with Crippen LogP contribution in [0.25, 0.3) is 0 Å². The number of benzene rings is 1. The molecular weight excluding hydrogens is 250 g/mol. The number of hydrogen-bond acceptors (Lipinski definition) is 2. The first-order chi connectivity index (χ1) is 9.02. The summed E-state index contributed by atoms with van der Waals surface area (Å²) < 4.78 is 28.3. The summed E-state index contributed by atoms with van der Waals surface area (Å²) in [7, 11) is 0. The Hall–Kier alpha value is -1.75. The number of halogens is 2. The van der Waals surface area contributed by atoms with Crippen molar-refractivity contribution >= 4 is 0 Å². The minimum Gasteiger partial charge on any atom is -0.386 e. The van der Waals surface area contributed by atoms with Gasteiger partial charge in [-0.15, -0.1) is 0 Å². The van der Waals surface area contributed by atoms with Crippen LogP contribution < -0.4 is 0 Å². The van der Waals surface area contributed by atoms with Gasteiger partial charge in [0.05, 0.1) is 17.5 Å². The van der Waals surface area contributed by atoms with Gasteiger partial charge in [-0.05, 0) is 31.5 Å². The van der Waals surface area contributed by atoms with E-state index in [1.54, 1.807) is 10.7 Å². The Balaban J connectivity index is 2.25. The lowest BCUT2D eigenvalue weighted by atomic mass is 10.0. The predicted octanol–water partition coefficient (Wildman–Crippen LogP) is 2.77. The highest BCUT2D eigenvalue weighted by atomic mass is 19.2.